The van der Waals surface area contributed by atoms with Gasteiger partial charge in [0.15, 0.2) is 5.76 Å². The average Bonchev–Trinajstić information content (AvgIpc) is 3.34. The van der Waals surface area contributed by atoms with E-state index in [0.29, 0.717) is 39.5 Å². The summed E-state index contributed by atoms with van der Waals surface area (Å²) < 4.78 is 19.5. The predicted octanol–water partition coefficient (Wildman–Crippen LogP) is 8.91. The molecule has 0 atom stereocenters. The van der Waals surface area contributed by atoms with Crippen molar-refractivity contribution in [3.05, 3.63) is 117 Å². The first kappa shape index (κ1) is 25.5. The molecule has 4 aromatic carbocycles. The average molecular weight is 629 g/mol. The Morgan fingerprint density at radius 1 is 0.816 bits per heavy atom. The SMILES string of the molecule is COc1ccc(OC(=O)c2ccc(Br)cc2)c(-c2c(-c3ccc(Br)cc3)oc(-c3ccccc3)c2C#N)c1. The summed E-state index contributed by atoms with van der Waals surface area (Å²) in [5.74, 6) is 1.18. The molecule has 0 bridgehead atoms. The Hall–Kier alpha value is -4.12. The first-order valence-corrected chi connectivity index (χ1v) is 13.1. The lowest BCUT2D eigenvalue weighted by atomic mass is 9.95. The van der Waals surface area contributed by atoms with Crippen LogP contribution in [0, 0.1) is 11.3 Å². The number of nitriles is 1. The highest BCUT2D eigenvalue weighted by atomic mass is 79.9. The number of carbonyl (C=O) groups is 1. The molecule has 1 aromatic heterocycles. The molecule has 0 aliphatic carbocycles. The Morgan fingerprint density at radius 3 is 2.08 bits per heavy atom. The third kappa shape index (κ3) is 5.14. The van der Waals surface area contributed by atoms with Crippen molar-refractivity contribution in [1.82, 2.24) is 0 Å². The predicted molar refractivity (Wildman–Crippen MR) is 153 cm³/mol. The topological polar surface area (TPSA) is 72.5 Å². The van der Waals surface area contributed by atoms with Crippen molar-refractivity contribution >= 4 is 37.8 Å². The van der Waals surface area contributed by atoms with E-state index in [2.05, 4.69) is 37.9 Å². The van der Waals surface area contributed by atoms with Crippen molar-refractivity contribution in [3.8, 4) is 51.3 Å². The van der Waals surface area contributed by atoms with Crippen LogP contribution in [0.4, 0.5) is 0 Å². The van der Waals surface area contributed by atoms with Crippen LogP contribution in [0.2, 0.25) is 0 Å². The van der Waals surface area contributed by atoms with E-state index < -0.39 is 5.97 Å². The van der Waals surface area contributed by atoms with Crippen LogP contribution in [0.25, 0.3) is 33.8 Å². The highest BCUT2D eigenvalue weighted by molar-refractivity contribution is 9.10. The number of nitrogens with zero attached hydrogens (tertiary/aromatic N) is 1. The number of esters is 1. The number of benzene rings is 4. The minimum Gasteiger partial charge on any atom is -0.497 e. The van der Waals surface area contributed by atoms with E-state index in [-0.39, 0.29) is 5.75 Å². The third-order valence-corrected chi connectivity index (χ3v) is 6.96. The maximum Gasteiger partial charge on any atom is 0.343 e. The van der Waals surface area contributed by atoms with Crippen LogP contribution in [-0.4, -0.2) is 13.1 Å². The van der Waals surface area contributed by atoms with Gasteiger partial charge in [-0.2, -0.15) is 5.26 Å². The van der Waals surface area contributed by atoms with E-state index in [1.165, 1.54) is 0 Å². The molecule has 0 unspecified atom stereocenters. The molecule has 0 fully saturated rings. The van der Waals surface area contributed by atoms with E-state index in [0.717, 1.165) is 20.1 Å². The minimum atomic E-state index is -0.528. The molecule has 5 aromatic rings. The largest absolute Gasteiger partial charge is 0.497 e. The Kier molecular flexibility index (Phi) is 7.45. The van der Waals surface area contributed by atoms with Crippen molar-refractivity contribution in [2.24, 2.45) is 0 Å². The molecule has 0 radical (unpaired) electrons. The number of rotatable bonds is 6. The van der Waals surface area contributed by atoms with Gasteiger partial charge >= 0.3 is 5.97 Å². The van der Waals surface area contributed by atoms with Crippen molar-refractivity contribution in [1.29, 1.82) is 5.26 Å². The summed E-state index contributed by atoms with van der Waals surface area (Å²) in [5, 5.41) is 10.4. The fourth-order valence-electron chi connectivity index (χ4n) is 4.06. The van der Waals surface area contributed by atoms with Gasteiger partial charge in [-0.15, -0.1) is 0 Å². The van der Waals surface area contributed by atoms with Gasteiger partial charge in [-0.05, 0) is 54.6 Å². The molecule has 0 aliphatic heterocycles. The lowest BCUT2D eigenvalue weighted by Gasteiger charge is -2.13. The van der Waals surface area contributed by atoms with E-state index in [1.807, 2.05) is 54.6 Å². The fourth-order valence-corrected chi connectivity index (χ4v) is 4.59. The van der Waals surface area contributed by atoms with Gasteiger partial charge < -0.3 is 13.9 Å². The van der Waals surface area contributed by atoms with Gasteiger partial charge in [-0.1, -0.05) is 74.3 Å². The van der Waals surface area contributed by atoms with Crippen LogP contribution in [0.3, 0.4) is 0 Å². The number of carbonyl (C=O) groups excluding carboxylic acids is 1. The molecule has 5 rings (SSSR count). The van der Waals surface area contributed by atoms with Crippen molar-refractivity contribution in [3.63, 3.8) is 0 Å². The number of ether oxygens (including phenoxy) is 2. The summed E-state index contributed by atoms with van der Waals surface area (Å²) in [4.78, 5) is 13.1. The molecule has 0 saturated heterocycles. The Labute approximate surface area is 236 Å². The van der Waals surface area contributed by atoms with Gasteiger partial charge in [0.25, 0.3) is 0 Å². The van der Waals surface area contributed by atoms with E-state index >= 15 is 0 Å². The van der Waals surface area contributed by atoms with Gasteiger partial charge in [0, 0.05) is 25.6 Å². The molecule has 0 aliphatic rings. The highest BCUT2D eigenvalue weighted by Crippen LogP contribution is 2.47. The maximum atomic E-state index is 13.1. The van der Waals surface area contributed by atoms with Crippen LogP contribution < -0.4 is 9.47 Å². The zero-order chi connectivity index (χ0) is 26.6. The normalized spacial score (nSPS) is 10.6. The molecule has 0 amide bonds. The number of hydrogen-bond donors (Lipinski definition) is 0. The smallest absolute Gasteiger partial charge is 0.343 e. The molecule has 0 saturated carbocycles. The van der Waals surface area contributed by atoms with E-state index in [1.54, 1.807) is 49.6 Å². The first-order valence-electron chi connectivity index (χ1n) is 11.5. The van der Waals surface area contributed by atoms with Gasteiger partial charge in [0.2, 0.25) is 0 Å². The zero-order valence-corrected chi connectivity index (χ0v) is 23.2. The lowest BCUT2D eigenvalue weighted by molar-refractivity contribution is 0.0735. The number of hydrogen-bond acceptors (Lipinski definition) is 5. The fraction of sp³-hybridized carbons (Fsp3) is 0.0323. The van der Waals surface area contributed by atoms with Crippen LogP contribution in [0.1, 0.15) is 15.9 Å². The van der Waals surface area contributed by atoms with Gasteiger partial charge in [0.1, 0.15) is 28.9 Å². The zero-order valence-electron chi connectivity index (χ0n) is 20.1. The summed E-state index contributed by atoms with van der Waals surface area (Å²) >= 11 is 6.86. The quantitative estimate of drug-likeness (QED) is 0.139. The number of halogens is 2. The summed E-state index contributed by atoms with van der Waals surface area (Å²) in [7, 11) is 1.55. The first-order chi connectivity index (χ1) is 18.5. The second-order valence-electron chi connectivity index (χ2n) is 8.25. The van der Waals surface area contributed by atoms with Gasteiger partial charge in [-0.3, -0.25) is 0 Å². The second kappa shape index (κ2) is 11.1. The Bertz CT molecular complexity index is 1650. The summed E-state index contributed by atoms with van der Waals surface area (Å²) in [6.07, 6.45) is 0. The third-order valence-electron chi connectivity index (χ3n) is 5.90. The molecule has 5 nitrogen and oxygen atoms in total. The Morgan fingerprint density at radius 2 is 1.45 bits per heavy atom. The molecule has 7 heteroatoms. The lowest BCUT2D eigenvalue weighted by Crippen LogP contribution is -2.09. The van der Waals surface area contributed by atoms with Crippen molar-refractivity contribution in [2.75, 3.05) is 7.11 Å². The molecular formula is C31H19Br2NO4. The van der Waals surface area contributed by atoms with Crippen molar-refractivity contribution < 1.29 is 18.7 Å². The van der Waals surface area contributed by atoms with Crippen LogP contribution >= 0.6 is 31.9 Å². The molecule has 38 heavy (non-hydrogen) atoms. The molecule has 186 valence electrons. The molecular weight excluding hydrogens is 610 g/mol. The van der Waals surface area contributed by atoms with Crippen LogP contribution in [0.15, 0.2) is 110 Å². The van der Waals surface area contributed by atoms with Crippen LogP contribution in [0.5, 0.6) is 11.5 Å². The van der Waals surface area contributed by atoms with Gasteiger partial charge in [-0.25, -0.2) is 4.79 Å². The van der Waals surface area contributed by atoms with E-state index in [4.69, 9.17) is 13.9 Å². The maximum absolute atomic E-state index is 13.1. The van der Waals surface area contributed by atoms with Crippen LogP contribution in [-0.2, 0) is 0 Å². The summed E-state index contributed by atoms with van der Waals surface area (Å²) in [6.45, 7) is 0. The molecule has 1 heterocycles. The minimum absolute atomic E-state index is 0.272. The second-order valence-corrected chi connectivity index (χ2v) is 10.1. The number of furan rings is 1. The Balaban J connectivity index is 1.74. The van der Waals surface area contributed by atoms with Gasteiger partial charge in [0.05, 0.1) is 18.2 Å². The summed E-state index contributed by atoms with van der Waals surface area (Å²) in [6, 6.07) is 31.4. The standard InChI is InChI=1S/C31H19Br2NO4/c1-36-24-15-16-27(37-31(35)21-9-13-23(33)14-10-21)25(17-24)28-26(18-34)29(19-5-3-2-4-6-19)38-30(28)20-7-11-22(32)12-8-20/h2-17H,1H3. The monoisotopic (exact) mass is 627 g/mol. The number of methoxy groups -OCH3 is 1. The summed E-state index contributed by atoms with van der Waals surface area (Å²) in [5.41, 5.74) is 3.23. The van der Waals surface area contributed by atoms with E-state index in [9.17, 15) is 10.1 Å². The highest BCUT2D eigenvalue weighted by Gasteiger charge is 2.27. The van der Waals surface area contributed by atoms with Crippen molar-refractivity contribution in [2.45, 2.75) is 0 Å². The molecule has 0 spiro atoms. The molecule has 0 N–H and O–H groups in total.